The predicted molar refractivity (Wildman–Crippen MR) is 110 cm³/mol. The molecule has 0 bridgehead atoms. The minimum absolute atomic E-state index is 0.0804. The van der Waals surface area contributed by atoms with Crippen LogP contribution in [0.1, 0.15) is 47.4 Å². The highest BCUT2D eigenvalue weighted by atomic mass is 19.4. The van der Waals surface area contributed by atoms with Crippen LogP contribution < -0.4 is 16.0 Å². The van der Waals surface area contributed by atoms with Crippen molar-refractivity contribution in [1.29, 1.82) is 0 Å². The smallest absolute Gasteiger partial charge is 0.383 e. The first-order valence-corrected chi connectivity index (χ1v) is 9.89. The lowest BCUT2D eigenvalue weighted by molar-refractivity contribution is -0.138. The summed E-state index contributed by atoms with van der Waals surface area (Å²) in [5, 5.41) is 3.42. The minimum atomic E-state index is -4.72. The number of rotatable bonds is 5. The largest absolute Gasteiger partial charge is 0.418 e. The number of pyridine rings is 2. The van der Waals surface area contributed by atoms with Crippen LogP contribution in [-0.2, 0) is 6.18 Å². The Morgan fingerprint density at radius 2 is 2.10 bits per heavy atom. The van der Waals surface area contributed by atoms with Crippen LogP contribution in [0.15, 0.2) is 24.4 Å². The quantitative estimate of drug-likeness (QED) is 0.720. The first-order valence-electron chi connectivity index (χ1n) is 9.89. The Bertz CT molecular complexity index is 929. The lowest BCUT2D eigenvalue weighted by Gasteiger charge is -2.35. The van der Waals surface area contributed by atoms with Gasteiger partial charge in [0.1, 0.15) is 17.3 Å². The molecular weight excluding hydrogens is 395 g/mol. The number of hydrogen-bond acceptors (Lipinski definition) is 6. The van der Waals surface area contributed by atoms with Crippen molar-refractivity contribution in [2.24, 2.45) is 5.92 Å². The molecule has 2 aromatic heterocycles. The molecule has 30 heavy (non-hydrogen) atoms. The van der Waals surface area contributed by atoms with Crippen molar-refractivity contribution < 1.29 is 18.0 Å². The maximum Gasteiger partial charge on any atom is 0.418 e. The lowest BCUT2D eigenvalue weighted by atomic mass is 10.0. The molecule has 0 amide bonds. The number of nitrogens with one attached hydrogen (secondary N) is 1. The molecule has 3 rings (SSSR count). The van der Waals surface area contributed by atoms with Crippen molar-refractivity contribution in [2.75, 3.05) is 30.3 Å². The summed E-state index contributed by atoms with van der Waals surface area (Å²) in [6, 6.07) is 3.89. The Morgan fingerprint density at radius 1 is 1.37 bits per heavy atom. The monoisotopic (exact) mass is 421 g/mol. The molecule has 0 aromatic carbocycles. The van der Waals surface area contributed by atoms with E-state index >= 15 is 0 Å². The summed E-state index contributed by atoms with van der Waals surface area (Å²) in [5.74, 6) is -0.172. The Kier molecular flexibility index (Phi) is 6.30. The summed E-state index contributed by atoms with van der Waals surface area (Å²) >= 11 is 0. The van der Waals surface area contributed by atoms with E-state index in [0.29, 0.717) is 36.9 Å². The third kappa shape index (κ3) is 4.89. The number of ketones is 1. The van der Waals surface area contributed by atoms with E-state index < -0.39 is 23.2 Å². The summed E-state index contributed by atoms with van der Waals surface area (Å²) in [4.78, 5) is 23.0. The molecule has 1 atom stereocenters. The SMILES string of the molecule is Cc1cnc(N)c(C(=O)c2nc(N3CCN[C@@H](CC(C)C)C3)ccc2C(F)(F)F)c1. The molecule has 1 aliphatic heterocycles. The zero-order valence-corrected chi connectivity index (χ0v) is 17.3. The van der Waals surface area contributed by atoms with E-state index in [0.717, 1.165) is 12.5 Å². The fraction of sp³-hybridized carbons (Fsp3) is 0.476. The maximum absolute atomic E-state index is 13.6. The number of carbonyl (C=O) groups excluding carboxylic acids is 1. The van der Waals surface area contributed by atoms with Crippen molar-refractivity contribution in [2.45, 2.75) is 39.4 Å². The van der Waals surface area contributed by atoms with Crippen LogP contribution >= 0.6 is 0 Å². The van der Waals surface area contributed by atoms with E-state index in [-0.39, 0.29) is 17.4 Å². The highest BCUT2D eigenvalue weighted by Crippen LogP contribution is 2.34. The first kappa shape index (κ1) is 22.0. The standard InChI is InChI=1S/C21H26F3N5O/c1-12(2)8-14-11-29(7-6-26-14)17-5-4-16(21(22,23)24)18(28-17)19(30)15-9-13(3)10-27-20(15)25/h4-5,9-10,12,14,26H,6-8,11H2,1-3H3,(H2,25,27)/t14-/m0/s1. The second-order valence-electron chi connectivity index (χ2n) is 8.06. The maximum atomic E-state index is 13.6. The number of halogens is 3. The number of aryl methyl sites for hydroxylation is 1. The van der Waals surface area contributed by atoms with E-state index in [2.05, 4.69) is 29.1 Å². The zero-order chi connectivity index (χ0) is 22.1. The highest BCUT2D eigenvalue weighted by molar-refractivity contribution is 6.11. The summed E-state index contributed by atoms with van der Waals surface area (Å²) in [6.45, 7) is 7.82. The summed E-state index contributed by atoms with van der Waals surface area (Å²) in [7, 11) is 0. The minimum Gasteiger partial charge on any atom is -0.383 e. The lowest BCUT2D eigenvalue weighted by Crippen LogP contribution is -2.51. The topological polar surface area (TPSA) is 84.1 Å². The molecule has 0 radical (unpaired) electrons. The molecule has 6 nitrogen and oxygen atoms in total. The van der Waals surface area contributed by atoms with Crippen molar-refractivity contribution >= 4 is 17.4 Å². The van der Waals surface area contributed by atoms with Crippen LogP contribution in [0.2, 0.25) is 0 Å². The van der Waals surface area contributed by atoms with Gasteiger partial charge in [-0.15, -0.1) is 0 Å². The second-order valence-corrected chi connectivity index (χ2v) is 8.06. The summed E-state index contributed by atoms with van der Waals surface area (Å²) < 4.78 is 40.9. The Labute approximate surface area is 173 Å². The Hall–Kier alpha value is -2.68. The van der Waals surface area contributed by atoms with Crippen LogP contribution in [0.5, 0.6) is 0 Å². The number of alkyl halides is 3. The molecular formula is C21H26F3N5O. The number of nitrogens with zero attached hydrogens (tertiary/aromatic N) is 3. The average molecular weight is 421 g/mol. The van der Waals surface area contributed by atoms with Gasteiger partial charge in [-0.1, -0.05) is 13.8 Å². The van der Waals surface area contributed by atoms with Gasteiger partial charge in [0.15, 0.2) is 0 Å². The molecule has 2 aromatic rings. The number of hydrogen-bond donors (Lipinski definition) is 2. The van der Waals surface area contributed by atoms with Crippen LogP contribution in [0.4, 0.5) is 24.8 Å². The van der Waals surface area contributed by atoms with Crippen LogP contribution in [0.25, 0.3) is 0 Å². The Balaban J connectivity index is 2.01. The first-order chi connectivity index (χ1) is 14.1. The molecule has 9 heteroatoms. The number of anilines is 2. The van der Waals surface area contributed by atoms with Gasteiger partial charge in [0, 0.05) is 31.9 Å². The Morgan fingerprint density at radius 3 is 2.77 bits per heavy atom. The predicted octanol–water partition coefficient (Wildman–Crippen LogP) is 3.44. The van der Waals surface area contributed by atoms with Crippen LogP contribution in [0, 0.1) is 12.8 Å². The number of nitrogens with two attached hydrogens (primary N) is 1. The van der Waals surface area contributed by atoms with E-state index in [1.54, 1.807) is 6.92 Å². The van der Waals surface area contributed by atoms with Crippen molar-refractivity contribution in [1.82, 2.24) is 15.3 Å². The van der Waals surface area contributed by atoms with Gasteiger partial charge in [-0.05, 0) is 43.0 Å². The number of piperazine rings is 1. The van der Waals surface area contributed by atoms with Gasteiger partial charge in [-0.2, -0.15) is 13.2 Å². The van der Waals surface area contributed by atoms with E-state index in [4.69, 9.17) is 5.73 Å². The van der Waals surface area contributed by atoms with Gasteiger partial charge in [-0.3, -0.25) is 4.79 Å². The molecule has 0 aliphatic carbocycles. The third-order valence-electron chi connectivity index (χ3n) is 5.04. The number of nitrogen functional groups attached to an aromatic ring is 1. The normalized spacial score (nSPS) is 17.4. The molecule has 1 saturated heterocycles. The van der Waals surface area contributed by atoms with Gasteiger partial charge >= 0.3 is 6.18 Å². The van der Waals surface area contributed by atoms with E-state index in [1.807, 2.05) is 4.90 Å². The van der Waals surface area contributed by atoms with Gasteiger partial charge in [0.2, 0.25) is 5.78 Å². The van der Waals surface area contributed by atoms with Gasteiger partial charge < -0.3 is 16.0 Å². The molecule has 162 valence electrons. The molecule has 1 aliphatic rings. The molecule has 3 N–H and O–H groups in total. The van der Waals surface area contributed by atoms with Gasteiger partial charge in [-0.25, -0.2) is 9.97 Å². The molecule has 0 saturated carbocycles. The third-order valence-corrected chi connectivity index (χ3v) is 5.04. The van der Waals surface area contributed by atoms with Crippen LogP contribution in [-0.4, -0.2) is 41.4 Å². The number of aromatic nitrogens is 2. The van der Waals surface area contributed by atoms with Gasteiger partial charge in [0.05, 0.1) is 11.1 Å². The summed E-state index contributed by atoms with van der Waals surface area (Å²) in [5.41, 5.74) is 4.58. The van der Waals surface area contributed by atoms with Crippen LogP contribution in [0.3, 0.4) is 0 Å². The van der Waals surface area contributed by atoms with E-state index in [9.17, 15) is 18.0 Å². The highest BCUT2D eigenvalue weighted by Gasteiger charge is 2.37. The molecule has 0 spiro atoms. The van der Waals surface area contributed by atoms with Crippen molar-refractivity contribution in [3.05, 3.63) is 46.8 Å². The van der Waals surface area contributed by atoms with Crippen molar-refractivity contribution in [3.8, 4) is 0 Å². The van der Waals surface area contributed by atoms with Gasteiger partial charge in [0.25, 0.3) is 0 Å². The molecule has 1 fully saturated rings. The fourth-order valence-electron chi connectivity index (χ4n) is 3.68. The molecule has 0 unspecified atom stereocenters. The number of carbonyl (C=O) groups is 1. The average Bonchev–Trinajstić information content (AvgIpc) is 2.68. The second kappa shape index (κ2) is 8.59. The molecule has 3 heterocycles. The zero-order valence-electron chi connectivity index (χ0n) is 17.3. The summed E-state index contributed by atoms with van der Waals surface area (Å²) in [6.07, 6.45) is -2.32. The van der Waals surface area contributed by atoms with E-state index in [1.165, 1.54) is 18.3 Å². The fourth-order valence-corrected chi connectivity index (χ4v) is 3.68. The van der Waals surface area contributed by atoms with Crippen molar-refractivity contribution in [3.63, 3.8) is 0 Å².